The largest absolute Gasteiger partial charge is 0.397 e. The summed E-state index contributed by atoms with van der Waals surface area (Å²) in [7, 11) is 1.85. The lowest BCUT2D eigenvalue weighted by Gasteiger charge is -2.08. The highest BCUT2D eigenvalue weighted by Crippen LogP contribution is 2.26. The van der Waals surface area contributed by atoms with Crippen LogP contribution in [-0.4, -0.2) is 15.5 Å². The van der Waals surface area contributed by atoms with Gasteiger partial charge in [0.25, 0.3) is 0 Å². The van der Waals surface area contributed by atoms with Crippen LogP contribution in [0.5, 0.6) is 0 Å². The van der Waals surface area contributed by atoms with Crippen LogP contribution in [0.25, 0.3) is 11.0 Å². The van der Waals surface area contributed by atoms with E-state index in [1.165, 1.54) is 0 Å². The summed E-state index contributed by atoms with van der Waals surface area (Å²) in [5, 5.41) is 3.92. The number of nitrogens with two attached hydrogens (primary N) is 2. The zero-order chi connectivity index (χ0) is 16.6. The van der Waals surface area contributed by atoms with Gasteiger partial charge in [-0.1, -0.05) is 29.8 Å². The molecule has 0 bridgehead atoms. The van der Waals surface area contributed by atoms with Crippen molar-refractivity contribution in [2.45, 2.75) is 6.54 Å². The van der Waals surface area contributed by atoms with Crippen molar-refractivity contribution in [3.63, 3.8) is 0 Å². The fraction of sp³-hybridized carbons (Fsp3) is 0.125. The maximum Gasteiger partial charge on any atom is 0.248 e. The number of nitrogen functional groups attached to an aromatic ring is 1. The lowest BCUT2D eigenvalue weighted by Crippen LogP contribution is -2.11. The number of imidazole rings is 1. The van der Waals surface area contributed by atoms with E-state index in [0.717, 1.165) is 11.1 Å². The minimum atomic E-state index is -0.533. The number of benzene rings is 2. The molecule has 23 heavy (non-hydrogen) atoms. The Bertz CT molecular complexity index is 903. The molecule has 0 saturated carbocycles. The molecule has 5 N–H and O–H groups in total. The fourth-order valence-electron chi connectivity index (χ4n) is 2.50. The highest BCUT2D eigenvalue weighted by atomic mass is 35.5. The molecule has 1 amide bonds. The standard InChI is InChI=1S/C16H16ClN5O/c1-22-14-12(18)6-10(15(19)23)7-13(14)21-16(22)20-8-9-4-2-3-5-11(9)17/h2-7H,8,18H2,1H3,(H2,19,23)(H,20,21). The molecule has 3 rings (SSSR count). The topological polar surface area (TPSA) is 99.0 Å². The Kier molecular flexibility index (Phi) is 3.83. The molecule has 0 spiro atoms. The number of nitrogens with one attached hydrogen (secondary N) is 1. The Morgan fingerprint density at radius 3 is 2.78 bits per heavy atom. The molecule has 0 aliphatic heterocycles. The van der Waals surface area contributed by atoms with Gasteiger partial charge in [0.15, 0.2) is 0 Å². The molecule has 6 nitrogen and oxygen atoms in total. The third kappa shape index (κ3) is 2.80. The van der Waals surface area contributed by atoms with Gasteiger partial charge in [0.05, 0.1) is 16.7 Å². The third-order valence-corrected chi connectivity index (χ3v) is 4.05. The van der Waals surface area contributed by atoms with Crippen molar-refractivity contribution < 1.29 is 4.79 Å². The van der Waals surface area contributed by atoms with E-state index in [2.05, 4.69) is 10.3 Å². The van der Waals surface area contributed by atoms with Crippen molar-refractivity contribution in [3.8, 4) is 0 Å². The number of anilines is 2. The van der Waals surface area contributed by atoms with Gasteiger partial charge < -0.3 is 21.4 Å². The van der Waals surface area contributed by atoms with Crippen LogP contribution in [0.4, 0.5) is 11.6 Å². The molecule has 118 valence electrons. The molecule has 0 aliphatic carbocycles. The van der Waals surface area contributed by atoms with E-state index in [-0.39, 0.29) is 0 Å². The maximum absolute atomic E-state index is 11.3. The van der Waals surface area contributed by atoms with Gasteiger partial charge >= 0.3 is 0 Å². The number of fused-ring (bicyclic) bond motifs is 1. The molecule has 1 heterocycles. The van der Waals surface area contributed by atoms with Crippen molar-refractivity contribution in [2.75, 3.05) is 11.1 Å². The SMILES string of the molecule is Cn1c(NCc2ccccc2Cl)nc2cc(C(N)=O)cc(N)c21. The Hall–Kier alpha value is -2.73. The lowest BCUT2D eigenvalue weighted by molar-refractivity contribution is 0.100. The Morgan fingerprint density at radius 2 is 2.09 bits per heavy atom. The highest BCUT2D eigenvalue weighted by Gasteiger charge is 2.13. The Morgan fingerprint density at radius 1 is 1.35 bits per heavy atom. The second kappa shape index (κ2) is 5.81. The lowest BCUT2D eigenvalue weighted by atomic mass is 10.1. The van der Waals surface area contributed by atoms with Crippen LogP contribution in [-0.2, 0) is 13.6 Å². The summed E-state index contributed by atoms with van der Waals surface area (Å²) in [6.07, 6.45) is 0. The number of hydrogen-bond acceptors (Lipinski definition) is 4. The molecule has 0 fully saturated rings. The number of halogens is 1. The zero-order valence-corrected chi connectivity index (χ0v) is 13.3. The first-order valence-corrected chi connectivity index (χ1v) is 7.38. The van der Waals surface area contributed by atoms with Crippen LogP contribution < -0.4 is 16.8 Å². The minimum absolute atomic E-state index is 0.339. The van der Waals surface area contributed by atoms with Crippen LogP contribution in [0, 0.1) is 0 Å². The molecule has 2 aromatic carbocycles. The molecule has 0 radical (unpaired) electrons. The van der Waals surface area contributed by atoms with Gasteiger partial charge in [-0.05, 0) is 23.8 Å². The van der Waals surface area contributed by atoms with Crippen LogP contribution >= 0.6 is 11.6 Å². The fourth-order valence-corrected chi connectivity index (χ4v) is 2.71. The van der Waals surface area contributed by atoms with E-state index >= 15 is 0 Å². The van der Waals surface area contributed by atoms with Gasteiger partial charge in [0.2, 0.25) is 11.9 Å². The van der Waals surface area contributed by atoms with Crippen LogP contribution in [0.1, 0.15) is 15.9 Å². The van der Waals surface area contributed by atoms with E-state index < -0.39 is 5.91 Å². The summed E-state index contributed by atoms with van der Waals surface area (Å²) in [5.74, 6) is 0.100. The first-order chi connectivity index (χ1) is 11.0. The highest BCUT2D eigenvalue weighted by molar-refractivity contribution is 6.31. The number of rotatable bonds is 4. The maximum atomic E-state index is 11.3. The van der Waals surface area contributed by atoms with Crippen molar-refractivity contribution in [2.24, 2.45) is 12.8 Å². The number of carbonyl (C=O) groups is 1. The average molecular weight is 330 g/mol. The number of hydrogen-bond donors (Lipinski definition) is 3. The molecule has 3 aromatic rings. The Labute approximate surface area is 138 Å². The van der Waals surface area contributed by atoms with E-state index in [0.29, 0.717) is 34.3 Å². The predicted octanol–water partition coefficient (Wildman–Crippen LogP) is 2.52. The van der Waals surface area contributed by atoms with E-state index in [1.807, 2.05) is 35.9 Å². The molecule has 0 saturated heterocycles. The second-order valence-electron chi connectivity index (χ2n) is 5.24. The van der Waals surface area contributed by atoms with E-state index in [1.54, 1.807) is 12.1 Å². The second-order valence-corrected chi connectivity index (χ2v) is 5.64. The summed E-state index contributed by atoms with van der Waals surface area (Å²) < 4.78 is 1.84. The predicted molar refractivity (Wildman–Crippen MR) is 92.4 cm³/mol. The molecule has 0 aliphatic rings. The monoisotopic (exact) mass is 329 g/mol. The van der Waals surface area contributed by atoms with Crippen LogP contribution in [0.15, 0.2) is 36.4 Å². The number of nitrogens with zero attached hydrogens (tertiary/aromatic N) is 2. The van der Waals surface area contributed by atoms with E-state index in [4.69, 9.17) is 23.1 Å². The number of carbonyl (C=O) groups excluding carboxylic acids is 1. The molecular formula is C16H16ClN5O. The summed E-state index contributed by atoms with van der Waals surface area (Å²) in [5.41, 5.74) is 14.5. The summed E-state index contributed by atoms with van der Waals surface area (Å²) in [4.78, 5) is 15.8. The number of aromatic nitrogens is 2. The molecule has 0 atom stereocenters. The van der Waals surface area contributed by atoms with Crippen LogP contribution in [0.3, 0.4) is 0 Å². The summed E-state index contributed by atoms with van der Waals surface area (Å²) >= 11 is 6.15. The summed E-state index contributed by atoms with van der Waals surface area (Å²) in [6.45, 7) is 0.527. The molecule has 0 unspecified atom stereocenters. The number of aryl methyl sites for hydroxylation is 1. The van der Waals surface area contributed by atoms with Crippen molar-refractivity contribution >= 4 is 40.2 Å². The third-order valence-electron chi connectivity index (χ3n) is 3.68. The number of primary amides is 1. The summed E-state index contributed by atoms with van der Waals surface area (Å²) in [6, 6.07) is 10.8. The normalized spacial score (nSPS) is 10.9. The van der Waals surface area contributed by atoms with Gasteiger partial charge in [-0.3, -0.25) is 4.79 Å². The van der Waals surface area contributed by atoms with Gasteiger partial charge in [-0.15, -0.1) is 0 Å². The Balaban J connectivity index is 1.96. The van der Waals surface area contributed by atoms with Crippen LogP contribution in [0.2, 0.25) is 5.02 Å². The van der Waals surface area contributed by atoms with Gasteiger partial charge in [0.1, 0.15) is 0 Å². The van der Waals surface area contributed by atoms with Crippen molar-refractivity contribution in [1.29, 1.82) is 0 Å². The van der Waals surface area contributed by atoms with Crippen molar-refractivity contribution in [3.05, 3.63) is 52.5 Å². The van der Waals surface area contributed by atoms with Gasteiger partial charge in [-0.2, -0.15) is 0 Å². The quantitative estimate of drug-likeness (QED) is 0.640. The first-order valence-electron chi connectivity index (χ1n) is 7.00. The smallest absolute Gasteiger partial charge is 0.248 e. The average Bonchev–Trinajstić information content (AvgIpc) is 2.83. The van der Waals surface area contributed by atoms with E-state index in [9.17, 15) is 4.79 Å². The molecular weight excluding hydrogens is 314 g/mol. The first kappa shape index (κ1) is 15.2. The molecule has 1 aromatic heterocycles. The molecule has 7 heteroatoms. The number of amides is 1. The van der Waals surface area contributed by atoms with Gasteiger partial charge in [-0.25, -0.2) is 4.98 Å². The van der Waals surface area contributed by atoms with Gasteiger partial charge in [0, 0.05) is 24.2 Å². The minimum Gasteiger partial charge on any atom is -0.397 e. The zero-order valence-electron chi connectivity index (χ0n) is 12.5. The van der Waals surface area contributed by atoms with Crippen molar-refractivity contribution in [1.82, 2.24) is 9.55 Å².